The number of fused-ring (bicyclic) bond motifs is 1. The number of hydrogen-bond donors (Lipinski definition) is 1. The van der Waals surface area contributed by atoms with E-state index in [1.54, 1.807) is 24.3 Å². The summed E-state index contributed by atoms with van der Waals surface area (Å²) < 4.78 is 2.19. The summed E-state index contributed by atoms with van der Waals surface area (Å²) in [7, 11) is 0. The normalized spacial score (nSPS) is 17.0. The van der Waals surface area contributed by atoms with E-state index in [4.69, 9.17) is 0 Å². The van der Waals surface area contributed by atoms with Crippen LogP contribution < -0.4 is 0 Å². The van der Waals surface area contributed by atoms with Gasteiger partial charge in [0.15, 0.2) is 0 Å². The van der Waals surface area contributed by atoms with Crippen LogP contribution in [0.25, 0.3) is 11.3 Å². The average Bonchev–Trinajstić information content (AvgIpc) is 3.00. The first-order chi connectivity index (χ1) is 12.1. The Kier molecular flexibility index (Phi) is 4.75. The summed E-state index contributed by atoms with van der Waals surface area (Å²) in [6, 6.07) is 9.35. The number of allylic oxidation sites excluding steroid dienone is 4. The van der Waals surface area contributed by atoms with Crippen molar-refractivity contribution in [3.63, 3.8) is 0 Å². The van der Waals surface area contributed by atoms with E-state index in [1.807, 2.05) is 18.2 Å². The molecular weight excluding hydrogens is 310 g/mol. The standard InChI is InChI=1S/C22H23NO2/c1-4-8-16(5-2)21-14-19-15(3)9-6-12-20(19)23(21)18-11-7-10-17(13-18)22(24)25/h4-5,7-8,10-11,13-15H,1-2,6,9,12H2,3H3,(H,24,25)/b16-8+. The quantitative estimate of drug-likeness (QED) is 0.747. The summed E-state index contributed by atoms with van der Waals surface area (Å²) in [6.45, 7) is 9.99. The molecule has 0 aliphatic heterocycles. The third-order valence-corrected chi connectivity index (χ3v) is 4.88. The molecular formula is C22H23NO2. The molecule has 1 aromatic heterocycles. The molecule has 25 heavy (non-hydrogen) atoms. The number of aromatic carboxylic acids is 1. The zero-order chi connectivity index (χ0) is 18.0. The number of aromatic nitrogens is 1. The lowest BCUT2D eigenvalue weighted by Crippen LogP contribution is -2.11. The number of carboxylic acid groups (broad SMARTS) is 1. The van der Waals surface area contributed by atoms with Gasteiger partial charge in [-0.2, -0.15) is 0 Å². The lowest BCUT2D eigenvalue weighted by atomic mass is 9.88. The second-order valence-corrected chi connectivity index (χ2v) is 6.48. The van der Waals surface area contributed by atoms with Gasteiger partial charge in [0.05, 0.1) is 11.3 Å². The number of hydrogen-bond acceptors (Lipinski definition) is 1. The average molecular weight is 333 g/mol. The summed E-state index contributed by atoms with van der Waals surface area (Å²) in [5, 5.41) is 9.35. The molecule has 3 rings (SSSR count). The smallest absolute Gasteiger partial charge is 0.335 e. The van der Waals surface area contributed by atoms with E-state index in [-0.39, 0.29) is 0 Å². The van der Waals surface area contributed by atoms with E-state index in [2.05, 4.69) is 30.7 Å². The Bertz CT molecular complexity index is 870. The highest BCUT2D eigenvalue weighted by Gasteiger charge is 2.24. The van der Waals surface area contributed by atoms with Crippen LogP contribution >= 0.6 is 0 Å². The van der Waals surface area contributed by atoms with Crippen molar-refractivity contribution in [1.82, 2.24) is 4.57 Å². The van der Waals surface area contributed by atoms with Gasteiger partial charge in [-0.15, -0.1) is 0 Å². The fourth-order valence-corrected chi connectivity index (χ4v) is 3.65. The van der Waals surface area contributed by atoms with Crippen molar-refractivity contribution in [2.24, 2.45) is 0 Å². The van der Waals surface area contributed by atoms with Crippen LogP contribution in [0.3, 0.4) is 0 Å². The summed E-state index contributed by atoms with van der Waals surface area (Å²) >= 11 is 0. The molecule has 0 spiro atoms. The maximum Gasteiger partial charge on any atom is 0.335 e. The van der Waals surface area contributed by atoms with Gasteiger partial charge >= 0.3 is 5.97 Å². The molecule has 1 aliphatic rings. The van der Waals surface area contributed by atoms with Crippen LogP contribution in [0.1, 0.15) is 53.0 Å². The molecule has 0 amide bonds. The van der Waals surface area contributed by atoms with E-state index in [9.17, 15) is 9.90 Å². The molecule has 0 saturated carbocycles. The molecule has 1 aliphatic carbocycles. The molecule has 1 atom stereocenters. The van der Waals surface area contributed by atoms with Gasteiger partial charge in [0, 0.05) is 11.4 Å². The molecule has 1 heterocycles. The van der Waals surface area contributed by atoms with Crippen molar-refractivity contribution >= 4 is 11.5 Å². The van der Waals surface area contributed by atoms with Crippen LogP contribution in [0.15, 0.2) is 61.7 Å². The second kappa shape index (κ2) is 6.98. The Morgan fingerprint density at radius 2 is 2.12 bits per heavy atom. The van der Waals surface area contributed by atoms with Crippen LogP contribution in [0, 0.1) is 0 Å². The van der Waals surface area contributed by atoms with Gasteiger partial charge in [-0.3, -0.25) is 0 Å². The molecule has 128 valence electrons. The van der Waals surface area contributed by atoms with Crippen LogP contribution in [0.4, 0.5) is 0 Å². The van der Waals surface area contributed by atoms with Gasteiger partial charge in [0.1, 0.15) is 0 Å². The van der Waals surface area contributed by atoms with E-state index in [0.717, 1.165) is 29.8 Å². The third-order valence-electron chi connectivity index (χ3n) is 4.88. The fraction of sp³-hybridized carbons (Fsp3) is 0.227. The first kappa shape index (κ1) is 17.0. The monoisotopic (exact) mass is 333 g/mol. The van der Waals surface area contributed by atoms with Crippen molar-refractivity contribution in [3.05, 3.63) is 84.2 Å². The molecule has 0 bridgehead atoms. The summed E-state index contributed by atoms with van der Waals surface area (Å²) in [6.07, 6.45) is 8.84. The van der Waals surface area contributed by atoms with Crippen molar-refractivity contribution < 1.29 is 9.90 Å². The maximum atomic E-state index is 11.4. The van der Waals surface area contributed by atoms with Crippen molar-refractivity contribution in [3.8, 4) is 5.69 Å². The topological polar surface area (TPSA) is 42.2 Å². The Morgan fingerprint density at radius 1 is 1.32 bits per heavy atom. The van der Waals surface area contributed by atoms with E-state index in [1.165, 1.54) is 17.7 Å². The minimum atomic E-state index is -0.914. The highest BCUT2D eigenvalue weighted by molar-refractivity contribution is 5.88. The first-order valence-corrected chi connectivity index (χ1v) is 8.60. The van der Waals surface area contributed by atoms with Gasteiger partial charge in [-0.05, 0) is 60.6 Å². The van der Waals surface area contributed by atoms with E-state index >= 15 is 0 Å². The molecule has 0 radical (unpaired) electrons. The van der Waals surface area contributed by atoms with Crippen LogP contribution in [-0.4, -0.2) is 15.6 Å². The van der Waals surface area contributed by atoms with Gasteiger partial charge < -0.3 is 9.67 Å². The second-order valence-electron chi connectivity index (χ2n) is 6.48. The molecule has 3 nitrogen and oxygen atoms in total. The number of nitrogens with zero attached hydrogens (tertiary/aromatic N) is 1. The molecule has 0 fully saturated rings. The number of carbonyl (C=O) groups is 1. The maximum absolute atomic E-state index is 11.4. The van der Waals surface area contributed by atoms with Gasteiger partial charge in [-0.1, -0.05) is 44.4 Å². The molecule has 1 N–H and O–H groups in total. The van der Waals surface area contributed by atoms with Gasteiger partial charge in [0.2, 0.25) is 0 Å². The zero-order valence-corrected chi connectivity index (χ0v) is 14.5. The SMILES string of the molecule is C=C/C=C(\C=C)c1cc2c(n1-c1cccc(C(=O)O)c1)CCCC2C. The van der Waals surface area contributed by atoms with Crippen molar-refractivity contribution in [1.29, 1.82) is 0 Å². The molecule has 1 aromatic carbocycles. The molecule has 3 heteroatoms. The van der Waals surface area contributed by atoms with E-state index < -0.39 is 5.97 Å². The van der Waals surface area contributed by atoms with Crippen LogP contribution in [0.2, 0.25) is 0 Å². The minimum Gasteiger partial charge on any atom is -0.478 e. The van der Waals surface area contributed by atoms with Gasteiger partial charge in [-0.25, -0.2) is 4.79 Å². The summed E-state index contributed by atoms with van der Waals surface area (Å²) in [5.74, 6) is -0.412. The number of benzene rings is 1. The largest absolute Gasteiger partial charge is 0.478 e. The van der Waals surface area contributed by atoms with Crippen molar-refractivity contribution in [2.75, 3.05) is 0 Å². The minimum absolute atomic E-state index is 0.294. The Hall–Kier alpha value is -2.81. The summed E-state index contributed by atoms with van der Waals surface area (Å²) in [5.41, 5.74) is 5.81. The zero-order valence-electron chi connectivity index (χ0n) is 14.5. The van der Waals surface area contributed by atoms with Gasteiger partial charge in [0.25, 0.3) is 0 Å². The highest BCUT2D eigenvalue weighted by atomic mass is 16.4. The highest BCUT2D eigenvalue weighted by Crippen LogP contribution is 2.37. The predicted molar refractivity (Wildman–Crippen MR) is 102 cm³/mol. The number of rotatable bonds is 5. The van der Waals surface area contributed by atoms with Crippen molar-refractivity contribution in [2.45, 2.75) is 32.1 Å². The Morgan fingerprint density at radius 3 is 2.80 bits per heavy atom. The Labute approximate surface area is 148 Å². The predicted octanol–water partition coefficient (Wildman–Crippen LogP) is 5.37. The Balaban J connectivity index is 2.28. The first-order valence-electron chi connectivity index (χ1n) is 8.60. The molecule has 0 saturated heterocycles. The summed E-state index contributed by atoms with van der Waals surface area (Å²) in [4.78, 5) is 11.4. The van der Waals surface area contributed by atoms with Crippen LogP contribution in [0.5, 0.6) is 0 Å². The third kappa shape index (κ3) is 3.10. The fourth-order valence-electron chi connectivity index (χ4n) is 3.65. The van der Waals surface area contributed by atoms with E-state index in [0.29, 0.717) is 11.5 Å². The lowest BCUT2D eigenvalue weighted by Gasteiger charge is -2.21. The molecule has 1 unspecified atom stereocenters. The number of carboxylic acids is 1. The van der Waals surface area contributed by atoms with Crippen LogP contribution in [-0.2, 0) is 6.42 Å². The molecule has 2 aromatic rings. The lowest BCUT2D eigenvalue weighted by molar-refractivity contribution is 0.0697.